The molecule has 3 rings (SSSR count). The van der Waals surface area contributed by atoms with Gasteiger partial charge in [0.2, 0.25) is 0 Å². The van der Waals surface area contributed by atoms with Crippen LogP contribution in [0.25, 0.3) is 5.69 Å². The summed E-state index contributed by atoms with van der Waals surface area (Å²) < 4.78 is 2.18. The van der Waals surface area contributed by atoms with Crippen LogP contribution in [-0.2, 0) is 5.41 Å². The van der Waals surface area contributed by atoms with Gasteiger partial charge in [0.25, 0.3) is 0 Å². The Hall–Kier alpha value is -1.68. The minimum absolute atomic E-state index is 0.165. The molecule has 1 aliphatic rings. The average Bonchev–Trinajstić information content (AvgIpc) is 2.99. The molecule has 1 N–H and O–H groups in total. The maximum atomic E-state index is 4.34. The largest absolute Gasteiger partial charge is 0.316 e. The van der Waals surface area contributed by atoms with Crippen LogP contribution in [0.2, 0.25) is 0 Å². The van der Waals surface area contributed by atoms with Gasteiger partial charge in [0.1, 0.15) is 0 Å². The molecule has 0 amide bonds. The molecule has 1 fully saturated rings. The van der Waals surface area contributed by atoms with Crippen molar-refractivity contribution >= 4 is 0 Å². The molecule has 0 aliphatic carbocycles. The number of aromatic nitrogens is 3. The van der Waals surface area contributed by atoms with Crippen molar-refractivity contribution in [3.8, 4) is 5.69 Å². The van der Waals surface area contributed by atoms with Crippen molar-refractivity contribution in [2.45, 2.75) is 25.7 Å². The van der Waals surface area contributed by atoms with Crippen LogP contribution in [0.15, 0.2) is 31.0 Å². The quantitative estimate of drug-likeness (QED) is 0.873. The lowest BCUT2D eigenvalue weighted by Crippen LogP contribution is -2.27. The summed E-state index contributed by atoms with van der Waals surface area (Å²) in [6.07, 6.45) is 8.76. The minimum Gasteiger partial charge on any atom is -0.316 e. The van der Waals surface area contributed by atoms with E-state index < -0.39 is 0 Å². The Morgan fingerprint density at radius 1 is 1.33 bits per heavy atom. The lowest BCUT2D eigenvalue weighted by Gasteiger charge is -2.24. The Balaban J connectivity index is 2.10. The minimum atomic E-state index is 0.165. The van der Waals surface area contributed by atoms with E-state index in [9.17, 15) is 0 Å². The molecule has 0 radical (unpaired) electrons. The number of nitrogens with one attached hydrogen (secondary N) is 1. The Morgan fingerprint density at radius 2 is 2.22 bits per heavy atom. The number of hydrogen-bond acceptors (Lipinski definition) is 3. The van der Waals surface area contributed by atoms with E-state index in [0.29, 0.717) is 0 Å². The highest BCUT2D eigenvalue weighted by molar-refractivity contribution is 5.40. The standard InChI is InChI=1S/C14H18N4/c1-11-3-5-15-7-12(11)18-10-17-8-13(18)14(2)4-6-16-9-14/h3,5,7-8,10,16H,4,6,9H2,1-2H3. The van der Waals surface area contributed by atoms with Crippen molar-refractivity contribution in [1.82, 2.24) is 19.9 Å². The molecule has 0 spiro atoms. The van der Waals surface area contributed by atoms with E-state index in [1.165, 1.54) is 11.3 Å². The Bertz CT molecular complexity index is 552. The lowest BCUT2D eigenvalue weighted by molar-refractivity contribution is 0.498. The van der Waals surface area contributed by atoms with E-state index in [1.54, 1.807) is 0 Å². The van der Waals surface area contributed by atoms with Crippen molar-refractivity contribution in [3.05, 3.63) is 42.2 Å². The second-order valence-corrected chi connectivity index (χ2v) is 5.30. The molecule has 2 aromatic heterocycles. The third-order valence-electron chi connectivity index (χ3n) is 3.90. The molecular weight excluding hydrogens is 224 g/mol. The van der Waals surface area contributed by atoms with E-state index in [2.05, 4.69) is 33.7 Å². The van der Waals surface area contributed by atoms with Gasteiger partial charge in [-0.2, -0.15) is 0 Å². The first-order valence-corrected chi connectivity index (χ1v) is 6.35. The van der Waals surface area contributed by atoms with Crippen LogP contribution < -0.4 is 5.32 Å². The van der Waals surface area contributed by atoms with Gasteiger partial charge in [0, 0.05) is 30.0 Å². The van der Waals surface area contributed by atoms with Gasteiger partial charge < -0.3 is 9.88 Å². The fourth-order valence-corrected chi connectivity index (χ4v) is 2.68. The van der Waals surface area contributed by atoms with Crippen LogP contribution in [0.4, 0.5) is 0 Å². The predicted octanol–water partition coefficient (Wildman–Crippen LogP) is 1.83. The second-order valence-electron chi connectivity index (χ2n) is 5.30. The Kier molecular flexibility index (Phi) is 2.67. The molecule has 4 heteroatoms. The van der Waals surface area contributed by atoms with Crippen LogP contribution >= 0.6 is 0 Å². The molecule has 1 atom stereocenters. The molecule has 0 saturated carbocycles. The maximum absolute atomic E-state index is 4.34. The first-order valence-electron chi connectivity index (χ1n) is 6.35. The molecule has 0 bridgehead atoms. The fraction of sp³-hybridized carbons (Fsp3) is 0.429. The van der Waals surface area contributed by atoms with Gasteiger partial charge in [-0.3, -0.25) is 4.98 Å². The lowest BCUT2D eigenvalue weighted by atomic mass is 9.86. The van der Waals surface area contributed by atoms with Crippen molar-refractivity contribution in [3.63, 3.8) is 0 Å². The Morgan fingerprint density at radius 3 is 2.94 bits per heavy atom. The van der Waals surface area contributed by atoms with Crippen molar-refractivity contribution < 1.29 is 0 Å². The summed E-state index contributed by atoms with van der Waals surface area (Å²) in [4.78, 5) is 8.56. The third-order valence-corrected chi connectivity index (χ3v) is 3.90. The molecule has 4 nitrogen and oxygen atoms in total. The highest BCUT2D eigenvalue weighted by Crippen LogP contribution is 2.31. The van der Waals surface area contributed by atoms with Crippen molar-refractivity contribution in [2.75, 3.05) is 13.1 Å². The summed E-state index contributed by atoms with van der Waals surface area (Å²) in [7, 11) is 0. The summed E-state index contributed by atoms with van der Waals surface area (Å²) in [5.74, 6) is 0. The van der Waals surface area contributed by atoms with E-state index in [-0.39, 0.29) is 5.41 Å². The zero-order valence-corrected chi connectivity index (χ0v) is 10.8. The van der Waals surface area contributed by atoms with Gasteiger partial charge in [0.15, 0.2) is 0 Å². The smallest absolute Gasteiger partial charge is 0.0994 e. The van der Waals surface area contributed by atoms with Crippen molar-refractivity contribution in [1.29, 1.82) is 0 Å². The van der Waals surface area contributed by atoms with Gasteiger partial charge in [0.05, 0.1) is 18.2 Å². The molecule has 1 unspecified atom stereocenters. The molecule has 1 saturated heterocycles. The van der Waals surface area contributed by atoms with Gasteiger partial charge in [-0.15, -0.1) is 0 Å². The highest BCUT2D eigenvalue weighted by Gasteiger charge is 2.33. The van der Waals surface area contributed by atoms with Gasteiger partial charge in [-0.25, -0.2) is 4.98 Å². The van der Waals surface area contributed by atoms with Crippen LogP contribution in [-0.4, -0.2) is 27.6 Å². The van der Waals surface area contributed by atoms with Crippen LogP contribution in [0.3, 0.4) is 0 Å². The molecule has 94 valence electrons. The first-order chi connectivity index (χ1) is 8.71. The number of imidazole rings is 1. The maximum Gasteiger partial charge on any atom is 0.0994 e. The average molecular weight is 242 g/mol. The summed E-state index contributed by atoms with van der Waals surface area (Å²) in [6, 6.07) is 2.04. The zero-order valence-electron chi connectivity index (χ0n) is 10.8. The number of pyridine rings is 1. The summed E-state index contributed by atoms with van der Waals surface area (Å²) >= 11 is 0. The van der Waals surface area contributed by atoms with Gasteiger partial charge >= 0.3 is 0 Å². The van der Waals surface area contributed by atoms with Gasteiger partial charge in [-0.1, -0.05) is 6.92 Å². The second kappa shape index (κ2) is 4.21. The van der Waals surface area contributed by atoms with E-state index in [1.807, 2.05) is 31.0 Å². The van der Waals surface area contributed by atoms with Crippen molar-refractivity contribution in [2.24, 2.45) is 0 Å². The number of hydrogen-bond donors (Lipinski definition) is 1. The van der Waals surface area contributed by atoms with Crippen LogP contribution in [0, 0.1) is 6.92 Å². The van der Waals surface area contributed by atoms with E-state index in [4.69, 9.17) is 0 Å². The first kappa shape index (κ1) is 11.4. The van der Waals surface area contributed by atoms with E-state index in [0.717, 1.165) is 25.2 Å². The predicted molar refractivity (Wildman–Crippen MR) is 70.9 cm³/mol. The van der Waals surface area contributed by atoms with Crippen LogP contribution in [0.5, 0.6) is 0 Å². The topological polar surface area (TPSA) is 42.7 Å². The molecule has 3 heterocycles. The van der Waals surface area contributed by atoms with E-state index >= 15 is 0 Å². The summed E-state index contributed by atoms with van der Waals surface area (Å²) in [5.41, 5.74) is 3.78. The molecule has 1 aliphatic heterocycles. The molecule has 2 aromatic rings. The highest BCUT2D eigenvalue weighted by atomic mass is 15.1. The Labute approximate surface area is 107 Å². The summed E-state index contributed by atoms with van der Waals surface area (Å²) in [6.45, 7) is 6.49. The number of rotatable bonds is 2. The third kappa shape index (κ3) is 1.73. The molecular formula is C14H18N4. The fourth-order valence-electron chi connectivity index (χ4n) is 2.68. The summed E-state index contributed by atoms with van der Waals surface area (Å²) in [5, 5.41) is 3.44. The molecule has 0 aromatic carbocycles. The SMILES string of the molecule is Cc1ccncc1-n1cncc1C1(C)CCNC1. The molecule has 18 heavy (non-hydrogen) atoms. The monoisotopic (exact) mass is 242 g/mol. The normalized spacial score (nSPS) is 23.4. The van der Waals surface area contributed by atoms with Crippen LogP contribution in [0.1, 0.15) is 24.6 Å². The van der Waals surface area contributed by atoms with Gasteiger partial charge in [-0.05, 0) is 31.5 Å². The zero-order chi connectivity index (χ0) is 12.6. The number of nitrogens with zero attached hydrogens (tertiary/aromatic N) is 3. The number of aryl methyl sites for hydroxylation is 1.